The molecule has 8 atom stereocenters. The number of imidazole rings is 1. The molecular formula is C32H54N6O10S. The predicted octanol–water partition coefficient (Wildman–Crippen LogP) is -0.203. The van der Waals surface area contributed by atoms with E-state index < -0.39 is 77.5 Å². The Morgan fingerprint density at radius 2 is 1.55 bits per heavy atom. The molecule has 0 radical (unpaired) electrons. The Labute approximate surface area is 291 Å². The summed E-state index contributed by atoms with van der Waals surface area (Å²) in [5.41, 5.74) is 0.388. The fraction of sp³-hybridized carbons (Fsp3) is 0.750. The molecule has 1 aromatic rings. The molecule has 1 aromatic heterocycles. The number of hydrogen-bond donors (Lipinski definition) is 9. The Morgan fingerprint density at radius 3 is 2.10 bits per heavy atom. The van der Waals surface area contributed by atoms with Crippen molar-refractivity contribution in [2.75, 3.05) is 12.3 Å². The van der Waals surface area contributed by atoms with Gasteiger partial charge in [-0.25, -0.2) is 4.98 Å². The van der Waals surface area contributed by atoms with Crippen LogP contribution in [-0.2, 0) is 30.4 Å². The van der Waals surface area contributed by atoms with Crippen LogP contribution in [-0.4, -0.2) is 130 Å². The Hall–Kier alpha value is -3.25. The zero-order valence-electron chi connectivity index (χ0n) is 28.5. The van der Waals surface area contributed by atoms with Crippen LogP contribution < -0.4 is 16.0 Å². The highest BCUT2D eigenvalue weighted by Gasteiger charge is 2.48. The van der Waals surface area contributed by atoms with Crippen molar-refractivity contribution < 1.29 is 49.5 Å². The summed E-state index contributed by atoms with van der Waals surface area (Å²) in [6.07, 6.45) is 5.29. The third kappa shape index (κ3) is 13.5. The van der Waals surface area contributed by atoms with E-state index in [1.165, 1.54) is 64.9 Å². The quantitative estimate of drug-likeness (QED) is 0.0668. The Bertz CT molecular complexity index is 1190. The number of aliphatic hydroxyl groups excluding tert-OH is 4. The van der Waals surface area contributed by atoms with Gasteiger partial charge in [0.05, 0.1) is 6.33 Å². The Kier molecular flexibility index (Phi) is 18.6. The fourth-order valence-electron chi connectivity index (χ4n) is 5.50. The highest BCUT2D eigenvalue weighted by atomic mass is 32.2. The number of aromatic nitrogens is 2. The van der Waals surface area contributed by atoms with Crippen LogP contribution in [0.5, 0.6) is 0 Å². The molecule has 0 aromatic carbocycles. The predicted molar refractivity (Wildman–Crippen MR) is 181 cm³/mol. The van der Waals surface area contributed by atoms with Crippen LogP contribution in [0.2, 0.25) is 0 Å². The smallest absolute Gasteiger partial charge is 0.325 e. The molecular weight excluding hydrogens is 660 g/mol. The zero-order chi connectivity index (χ0) is 36.5. The first-order valence-electron chi connectivity index (χ1n) is 17.0. The Morgan fingerprint density at radius 1 is 0.939 bits per heavy atom. The van der Waals surface area contributed by atoms with Gasteiger partial charge < -0.3 is 51.4 Å². The standard InChI is InChI=1S/C32H54N6O10S/c1-4-5-6-7-8-9-10-11-12-13-14-34-29(45)23-17-49-31(38(23)20(3)39)27(43)25(41)24(40)26(42)30(46)37-22(15-21-16-33-18-35-21)28(44)36-19(2)32(47)48/h16,18-19,22-27,31,40-43H,4-15,17H2,1-3H3,(H,33,35)(H,34,45)(H,36,44)(H,37,46)(H,47,48)/t19-,22-,23?,24+,25-,26-,27-,31?/m0/s1. The number of carbonyl (C=O) groups is 5. The van der Waals surface area contributed by atoms with Crippen molar-refractivity contribution in [3.63, 3.8) is 0 Å². The van der Waals surface area contributed by atoms with Gasteiger partial charge in [0.2, 0.25) is 17.7 Å². The average molecular weight is 715 g/mol. The summed E-state index contributed by atoms with van der Waals surface area (Å²) < 4.78 is 0. The van der Waals surface area contributed by atoms with E-state index in [2.05, 4.69) is 32.8 Å². The maximum atomic E-state index is 13.0. The number of nitrogens with one attached hydrogen (secondary N) is 4. The van der Waals surface area contributed by atoms with Gasteiger partial charge in [-0.15, -0.1) is 11.8 Å². The summed E-state index contributed by atoms with van der Waals surface area (Å²) in [6.45, 7) is 5.03. The number of unbranched alkanes of at least 4 members (excludes halogenated alkanes) is 9. The number of aliphatic hydroxyl groups is 4. The van der Waals surface area contributed by atoms with E-state index in [4.69, 9.17) is 5.11 Å². The van der Waals surface area contributed by atoms with Gasteiger partial charge >= 0.3 is 5.97 Å². The molecule has 4 amide bonds. The lowest BCUT2D eigenvalue weighted by Crippen LogP contribution is -2.59. The SMILES string of the molecule is CCCCCCCCCCCCNC(=O)C1CSC([C@@H](O)[C@@H](O)[C@@H](O)[C@H](O)C(=O)N[C@@H](Cc2cnc[nH]2)C(=O)N[C@@H](C)C(=O)O)N1C(C)=O. The highest BCUT2D eigenvalue weighted by molar-refractivity contribution is 8.00. The number of amides is 4. The molecule has 17 heteroatoms. The molecule has 49 heavy (non-hydrogen) atoms. The minimum atomic E-state index is -2.35. The van der Waals surface area contributed by atoms with Gasteiger partial charge in [-0.2, -0.15) is 0 Å². The molecule has 16 nitrogen and oxygen atoms in total. The third-order valence-electron chi connectivity index (χ3n) is 8.46. The summed E-state index contributed by atoms with van der Waals surface area (Å²) in [6, 6.07) is -3.67. The van der Waals surface area contributed by atoms with Crippen molar-refractivity contribution in [2.24, 2.45) is 0 Å². The van der Waals surface area contributed by atoms with E-state index >= 15 is 0 Å². The van der Waals surface area contributed by atoms with E-state index in [1.54, 1.807) is 0 Å². The number of aromatic amines is 1. The first kappa shape index (κ1) is 41.9. The number of nitrogens with zero attached hydrogens (tertiary/aromatic N) is 2. The molecule has 1 aliphatic heterocycles. The highest BCUT2D eigenvalue weighted by Crippen LogP contribution is 2.33. The number of thioether (sulfide) groups is 1. The second-order valence-electron chi connectivity index (χ2n) is 12.5. The minimum Gasteiger partial charge on any atom is -0.480 e. The number of carboxylic acids is 1. The molecule has 0 aliphatic carbocycles. The van der Waals surface area contributed by atoms with Gasteiger partial charge in [-0.1, -0.05) is 64.7 Å². The second kappa shape index (κ2) is 21.8. The summed E-state index contributed by atoms with van der Waals surface area (Å²) in [5.74, 6) is -4.40. The topological polar surface area (TPSA) is 255 Å². The van der Waals surface area contributed by atoms with Crippen molar-refractivity contribution >= 4 is 41.4 Å². The molecule has 2 rings (SSSR count). The molecule has 0 spiro atoms. The normalized spacial score (nSPS) is 19.7. The lowest BCUT2D eigenvalue weighted by Gasteiger charge is -2.34. The van der Waals surface area contributed by atoms with Gasteiger partial charge in [0.1, 0.15) is 41.8 Å². The second-order valence-corrected chi connectivity index (χ2v) is 13.6. The van der Waals surface area contributed by atoms with Crippen molar-refractivity contribution in [3.8, 4) is 0 Å². The largest absolute Gasteiger partial charge is 0.480 e. The van der Waals surface area contributed by atoms with Crippen LogP contribution >= 0.6 is 11.8 Å². The van der Waals surface area contributed by atoms with Gasteiger partial charge in [-0.05, 0) is 13.3 Å². The van der Waals surface area contributed by atoms with E-state index in [0.717, 1.165) is 42.3 Å². The van der Waals surface area contributed by atoms with Gasteiger partial charge in [0, 0.05) is 37.5 Å². The number of aliphatic carboxylic acids is 1. The molecule has 0 saturated carbocycles. The molecule has 1 fully saturated rings. The summed E-state index contributed by atoms with van der Waals surface area (Å²) in [7, 11) is 0. The first-order valence-corrected chi connectivity index (χ1v) is 18.1. The monoisotopic (exact) mass is 714 g/mol. The van der Waals surface area contributed by atoms with Crippen LogP contribution in [0.4, 0.5) is 0 Å². The molecule has 9 N–H and O–H groups in total. The van der Waals surface area contributed by atoms with E-state index in [9.17, 15) is 44.4 Å². The van der Waals surface area contributed by atoms with Crippen LogP contribution in [0.15, 0.2) is 12.5 Å². The Balaban J connectivity index is 1.92. The van der Waals surface area contributed by atoms with E-state index in [1.807, 2.05) is 0 Å². The average Bonchev–Trinajstić information content (AvgIpc) is 3.76. The summed E-state index contributed by atoms with van der Waals surface area (Å²) in [4.78, 5) is 70.1. The number of H-pyrrole nitrogens is 1. The van der Waals surface area contributed by atoms with Crippen LogP contribution in [0, 0.1) is 0 Å². The minimum absolute atomic E-state index is 0.107. The van der Waals surface area contributed by atoms with Crippen LogP contribution in [0.1, 0.15) is 90.7 Å². The van der Waals surface area contributed by atoms with Gasteiger partial charge in [0.15, 0.2) is 6.10 Å². The van der Waals surface area contributed by atoms with Crippen molar-refractivity contribution in [1.29, 1.82) is 0 Å². The molecule has 1 aliphatic rings. The van der Waals surface area contributed by atoms with Gasteiger partial charge in [-0.3, -0.25) is 24.0 Å². The molecule has 2 unspecified atom stereocenters. The van der Waals surface area contributed by atoms with Crippen LogP contribution in [0.25, 0.3) is 0 Å². The zero-order valence-corrected chi connectivity index (χ0v) is 29.4. The number of hydrogen-bond acceptors (Lipinski definition) is 11. The maximum absolute atomic E-state index is 13.0. The van der Waals surface area contributed by atoms with Crippen molar-refractivity contribution in [1.82, 2.24) is 30.8 Å². The van der Waals surface area contributed by atoms with Crippen molar-refractivity contribution in [2.45, 2.75) is 139 Å². The third-order valence-corrected chi connectivity index (χ3v) is 9.81. The molecule has 1 saturated heterocycles. The van der Waals surface area contributed by atoms with Gasteiger partial charge in [0.25, 0.3) is 5.91 Å². The summed E-state index contributed by atoms with van der Waals surface area (Å²) in [5, 5.41) is 58.3. The number of rotatable bonds is 23. The first-order chi connectivity index (χ1) is 23.3. The summed E-state index contributed by atoms with van der Waals surface area (Å²) >= 11 is 1.00. The van der Waals surface area contributed by atoms with E-state index in [-0.39, 0.29) is 12.2 Å². The van der Waals surface area contributed by atoms with Crippen molar-refractivity contribution in [3.05, 3.63) is 18.2 Å². The lowest BCUT2D eigenvalue weighted by molar-refractivity contribution is -0.154. The molecule has 2 heterocycles. The fourth-order valence-corrected chi connectivity index (χ4v) is 7.01. The lowest BCUT2D eigenvalue weighted by atomic mass is 10.0. The molecule has 278 valence electrons. The number of carbonyl (C=O) groups excluding carboxylic acids is 4. The maximum Gasteiger partial charge on any atom is 0.325 e. The van der Waals surface area contributed by atoms with E-state index in [0.29, 0.717) is 12.2 Å². The number of carboxylic acid groups (broad SMARTS) is 1. The molecule has 0 bridgehead atoms. The van der Waals surface area contributed by atoms with Crippen LogP contribution in [0.3, 0.4) is 0 Å².